The van der Waals surface area contributed by atoms with Crippen molar-refractivity contribution in [3.05, 3.63) is 0 Å². The molecule has 0 amide bonds. The summed E-state index contributed by atoms with van der Waals surface area (Å²) in [6.07, 6.45) is 0. The SMILES string of the molecule is CC(C)(C)CO.CN(C)C. The van der Waals surface area contributed by atoms with Gasteiger partial charge < -0.3 is 10.0 Å². The zero-order chi connectivity index (χ0) is 8.78. The second-order valence-electron chi connectivity index (χ2n) is 4.06. The van der Waals surface area contributed by atoms with Crippen LogP contribution in [0.25, 0.3) is 0 Å². The fourth-order valence-electron chi connectivity index (χ4n) is 0. The molecule has 0 rings (SSSR count). The van der Waals surface area contributed by atoms with Crippen LogP contribution in [0.2, 0.25) is 0 Å². The van der Waals surface area contributed by atoms with Gasteiger partial charge in [-0.05, 0) is 26.6 Å². The molecule has 0 fully saturated rings. The first-order valence-electron chi connectivity index (χ1n) is 3.51. The third-order valence-corrected chi connectivity index (χ3v) is 0.474. The zero-order valence-electron chi connectivity index (χ0n) is 8.10. The van der Waals surface area contributed by atoms with Crippen molar-refractivity contribution in [3.63, 3.8) is 0 Å². The molecule has 64 valence electrons. The Bertz CT molecular complexity index is 61.4. The van der Waals surface area contributed by atoms with E-state index in [1.807, 2.05) is 46.8 Å². The Labute approximate surface area is 64.9 Å². The van der Waals surface area contributed by atoms with Crippen LogP contribution in [-0.4, -0.2) is 37.8 Å². The lowest BCUT2D eigenvalue weighted by Crippen LogP contribution is -2.09. The number of aliphatic hydroxyl groups is 1. The van der Waals surface area contributed by atoms with E-state index in [0.717, 1.165) is 0 Å². The normalized spacial score (nSPS) is 10.8. The Morgan fingerprint density at radius 2 is 1.20 bits per heavy atom. The second-order valence-corrected chi connectivity index (χ2v) is 4.06. The third-order valence-electron chi connectivity index (χ3n) is 0.474. The first kappa shape index (κ1) is 12.6. The van der Waals surface area contributed by atoms with Gasteiger partial charge in [0.2, 0.25) is 0 Å². The highest BCUT2D eigenvalue weighted by molar-refractivity contribution is 4.55. The van der Waals surface area contributed by atoms with E-state index in [1.54, 1.807) is 0 Å². The number of aliphatic hydroxyl groups excluding tert-OH is 1. The van der Waals surface area contributed by atoms with Gasteiger partial charge in [-0.25, -0.2) is 0 Å². The summed E-state index contributed by atoms with van der Waals surface area (Å²) in [4.78, 5) is 2.00. The first-order valence-corrected chi connectivity index (χ1v) is 3.51. The highest BCUT2D eigenvalue weighted by Gasteiger charge is 2.05. The van der Waals surface area contributed by atoms with E-state index in [4.69, 9.17) is 5.11 Å². The van der Waals surface area contributed by atoms with Gasteiger partial charge in [0.25, 0.3) is 0 Å². The van der Waals surface area contributed by atoms with Crippen LogP contribution in [0.3, 0.4) is 0 Å². The van der Waals surface area contributed by atoms with Crippen LogP contribution in [-0.2, 0) is 0 Å². The van der Waals surface area contributed by atoms with Crippen LogP contribution < -0.4 is 0 Å². The molecule has 0 heterocycles. The summed E-state index contributed by atoms with van der Waals surface area (Å²) < 4.78 is 0. The molecule has 0 aliphatic carbocycles. The smallest absolute Gasteiger partial charge is 0.0479 e. The summed E-state index contributed by atoms with van der Waals surface area (Å²) >= 11 is 0. The Morgan fingerprint density at radius 1 is 1.10 bits per heavy atom. The molecule has 0 spiro atoms. The molecule has 10 heavy (non-hydrogen) atoms. The van der Waals surface area contributed by atoms with Crippen LogP contribution >= 0.6 is 0 Å². The minimum absolute atomic E-state index is 0.0972. The predicted octanol–water partition coefficient (Wildman–Crippen LogP) is 1.20. The van der Waals surface area contributed by atoms with Crippen molar-refractivity contribution in [1.29, 1.82) is 0 Å². The van der Waals surface area contributed by atoms with E-state index in [1.165, 1.54) is 0 Å². The number of hydrogen-bond donors (Lipinski definition) is 1. The molecule has 0 aliphatic heterocycles. The summed E-state index contributed by atoms with van der Waals surface area (Å²) in [5.74, 6) is 0. The zero-order valence-corrected chi connectivity index (χ0v) is 8.10. The van der Waals surface area contributed by atoms with Crippen LogP contribution in [0.4, 0.5) is 0 Å². The maximum atomic E-state index is 8.40. The maximum absolute atomic E-state index is 8.40. The highest BCUT2D eigenvalue weighted by atomic mass is 16.3. The molecule has 0 saturated heterocycles. The molecule has 2 heteroatoms. The van der Waals surface area contributed by atoms with Crippen molar-refractivity contribution < 1.29 is 5.11 Å². The Kier molecular flexibility index (Phi) is 7.15. The van der Waals surface area contributed by atoms with Gasteiger partial charge in [-0.2, -0.15) is 0 Å². The molecule has 1 N–H and O–H groups in total. The van der Waals surface area contributed by atoms with E-state index < -0.39 is 0 Å². The van der Waals surface area contributed by atoms with Crippen molar-refractivity contribution in [2.45, 2.75) is 20.8 Å². The quantitative estimate of drug-likeness (QED) is 0.556. The summed E-state index contributed by atoms with van der Waals surface area (Å²) in [7, 11) is 6.00. The molecule has 0 aromatic heterocycles. The summed E-state index contributed by atoms with van der Waals surface area (Å²) in [5, 5.41) is 8.40. The lowest BCUT2D eigenvalue weighted by atomic mass is 9.99. The fourth-order valence-corrected chi connectivity index (χ4v) is 0. The number of hydrogen-bond acceptors (Lipinski definition) is 2. The average Bonchev–Trinajstić information content (AvgIpc) is 1.63. The first-order chi connectivity index (χ1) is 4.29. The fraction of sp³-hybridized carbons (Fsp3) is 1.00. The van der Waals surface area contributed by atoms with Crippen molar-refractivity contribution in [3.8, 4) is 0 Å². The Hall–Kier alpha value is -0.0800. The predicted molar refractivity (Wildman–Crippen MR) is 46.2 cm³/mol. The Morgan fingerprint density at radius 3 is 1.20 bits per heavy atom. The van der Waals surface area contributed by atoms with Gasteiger partial charge in [-0.15, -0.1) is 0 Å². The maximum Gasteiger partial charge on any atom is 0.0479 e. The molecule has 0 radical (unpaired) electrons. The van der Waals surface area contributed by atoms with Gasteiger partial charge >= 0.3 is 0 Å². The van der Waals surface area contributed by atoms with E-state index in [2.05, 4.69) is 0 Å². The van der Waals surface area contributed by atoms with Crippen LogP contribution in [0, 0.1) is 5.41 Å². The minimum atomic E-state index is 0.0972. The van der Waals surface area contributed by atoms with Gasteiger partial charge in [0.1, 0.15) is 0 Å². The van der Waals surface area contributed by atoms with Gasteiger partial charge in [0.05, 0.1) is 0 Å². The largest absolute Gasteiger partial charge is 0.396 e. The van der Waals surface area contributed by atoms with Crippen LogP contribution in [0.5, 0.6) is 0 Å². The second kappa shape index (κ2) is 5.69. The monoisotopic (exact) mass is 147 g/mol. The van der Waals surface area contributed by atoms with Gasteiger partial charge in [0, 0.05) is 6.61 Å². The average molecular weight is 147 g/mol. The van der Waals surface area contributed by atoms with Crippen LogP contribution in [0.15, 0.2) is 0 Å². The number of nitrogens with zero attached hydrogens (tertiary/aromatic N) is 1. The molecule has 0 aromatic carbocycles. The van der Waals surface area contributed by atoms with E-state index in [-0.39, 0.29) is 12.0 Å². The molecule has 0 saturated carbocycles. The topological polar surface area (TPSA) is 23.5 Å². The van der Waals surface area contributed by atoms with E-state index in [9.17, 15) is 0 Å². The van der Waals surface area contributed by atoms with Gasteiger partial charge in [-0.1, -0.05) is 20.8 Å². The van der Waals surface area contributed by atoms with Crippen molar-refractivity contribution >= 4 is 0 Å². The van der Waals surface area contributed by atoms with Gasteiger partial charge in [-0.3, -0.25) is 0 Å². The molecule has 0 unspecified atom stereocenters. The van der Waals surface area contributed by atoms with E-state index >= 15 is 0 Å². The summed E-state index contributed by atoms with van der Waals surface area (Å²) in [6.45, 7) is 6.25. The van der Waals surface area contributed by atoms with Crippen molar-refractivity contribution in [2.75, 3.05) is 27.7 Å². The number of rotatable bonds is 0. The molecule has 0 aromatic rings. The molecular formula is C8H21NO. The molecule has 0 aliphatic rings. The van der Waals surface area contributed by atoms with E-state index in [0.29, 0.717) is 0 Å². The summed E-state index contributed by atoms with van der Waals surface area (Å²) in [6, 6.07) is 0. The van der Waals surface area contributed by atoms with Crippen molar-refractivity contribution in [1.82, 2.24) is 4.90 Å². The van der Waals surface area contributed by atoms with Gasteiger partial charge in [0.15, 0.2) is 0 Å². The molecule has 2 nitrogen and oxygen atoms in total. The Balaban J connectivity index is 0. The molecular weight excluding hydrogens is 126 g/mol. The minimum Gasteiger partial charge on any atom is -0.396 e. The highest BCUT2D eigenvalue weighted by Crippen LogP contribution is 2.09. The summed E-state index contributed by atoms with van der Waals surface area (Å²) in [5.41, 5.74) is 0.0972. The lowest BCUT2D eigenvalue weighted by Gasteiger charge is -2.11. The molecule has 0 atom stereocenters. The van der Waals surface area contributed by atoms with Crippen LogP contribution in [0.1, 0.15) is 20.8 Å². The molecule has 0 bridgehead atoms. The third kappa shape index (κ3) is 44.5. The lowest BCUT2D eigenvalue weighted by molar-refractivity contribution is 0.177. The standard InChI is InChI=1S/C5H12O.C3H9N/c1-5(2,3)4-6;1-4(2)3/h6H,4H2,1-3H3;1-3H3. The van der Waals surface area contributed by atoms with Crippen molar-refractivity contribution in [2.24, 2.45) is 5.41 Å².